The van der Waals surface area contributed by atoms with Crippen LogP contribution in [0, 0.1) is 0 Å². The molecule has 0 aromatic heterocycles. The van der Waals surface area contributed by atoms with Crippen LogP contribution in [0.5, 0.6) is 0 Å². The Bertz CT molecular complexity index is 358. The summed E-state index contributed by atoms with van der Waals surface area (Å²) >= 11 is 1.77. The van der Waals surface area contributed by atoms with Gasteiger partial charge in [-0.3, -0.25) is 0 Å². The van der Waals surface area contributed by atoms with Crippen LogP contribution in [-0.2, 0) is 6.18 Å². The van der Waals surface area contributed by atoms with E-state index in [1.165, 1.54) is 12.1 Å². The summed E-state index contributed by atoms with van der Waals surface area (Å²) in [5.41, 5.74) is 0.157. The van der Waals surface area contributed by atoms with Crippen molar-refractivity contribution in [2.45, 2.75) is 12.2 Å². The summed E-state index contributed by atoms with van der Waals surface area (Å²) in [6.07, 6.45) is -4.25. The maximum Gasteiger partial charge on any atom is 0.416 e. The molecule has 2 rings (SSSR count). The van der Waals surface area contributed by atoms with Gasteiger partial charge in [-0.05, 0) is 17.7 Å². The van der Waals surface area contributed by atoms with Crippen molar-refractivity contribution in [1.82, 2.24) is 5.32 Å². The Kier molecular flexibility index (Phi) is 3.44. The van der Waals surface area contributed by atoms with E-state index in [0.717, 1.165) is 29.7 Å². The van der Waals surface area contributed by atoms with Crippen molar-refractivity contribution < 1.29 is 13.2 Å². The highest BCUT2D eigenvalue weighted by molar-refractivity contribution is 7.99. The summed E-state index contributed by atoms with van der Waals surface area (Å²) in [6, 6.07) is 5.61. The van der Waals surface area contributed by atoms with Crippen molar-refractivity contribution in [1.29, 1.82) is 0 Å². The first kappa shape index (κ1) is 11.8. The van der Waals surface area contributed by atoms with Gasteiger partial charge in [-0.25, -0.2) is 0 Å². The zero-order valence-electron chi connectivity index (χ0n) is 8.55. The first-order valence-corrected chi connectivity index (χ1v) is 6.21. The number of nitrogens with one attached hydrogen (secondary N) is 1. The largest absolute Gasteiger partial charge is 0.416 e. The molecule has 1 aliphatic heterocycles. The lowest BCUT2D eigenvalue weighted by Crippen LogP contribution is -2.30. The van der Waals surface area contributed by atoms with E-state index in [4.69, 9.17) is 0 Å². The molecule has 0 spiro atoms. The van der Waals surface area contributed by atoms with Crippen LogP contribution >= 0.6 is 11.8 Å². The van der Waals surface area contributed by atoms with E-state index in [-0.39, 0.29) is 6.04 Å². The first-order chi connectivity index (χ1) is 7.57. The predicted octanol–water partition coefficient (Wildman–Crippen LogP) is 3.08. The normalized spacial score (nSPS) is 22.1. The topological polar surface area (TPSA) is 12.0 Å². The Labute approximate surface area is 96.4 Å². The summed E-state index contributed by atoms with van der Waals surface area (Å²) in [5, 5.41) is 3.23. The van der Waals surface area contributed by atoms with Crippen LogP contribution in [0.4, 0.5) is 13.2 Å². The van der Waals surface area contributed by atoms with Gasteiger partial charge >= 0.3 is 6.18 Å². The molecule has 1 nitrogen and oxygen atoms in total. The number of rotatable bonds is 1. The number of alkyl halides is 3. The minimum Gasteiger partial charge on any atom is -0.308 e. The van der Waals surface area contributed by atoms with Crippen molar-refractivity contribution in [2.24, 2.45) is 0 Å². The van der Waals surface area contributed by atoms with Crippen molar-refractivity contribution in [2.75, 3.05) is 18.1 Å². The van der Waals surface area contributed by atoms with E-state index in [2.05, 4.69) is 5.32 Å². The monoisotopic (exact) mass is 247 g/mol. The van der Waals surface area contributed by atoms with Crippen LogP contribution in [0.1, 0.15) is 17.2 Å². The highest BCUT2D eigenvalue weighted by Crippen LogP contribution is 2.31. The predicted molar refractivity (Wildman–Crippen MR) is 59.5 cm³/mol. The molecule has 1 heterocycles. The zero-order chi connectivity index (χ0) is 11.6. The van der Waals surface area contributed by atoms with Crippen LogP contribution in [-0.4, -0.2) is 18.1 Å². The third-order valence-corrected chi connectivity index (χ3v) is 3.60. The van der Waals surface area contributed by atoms with Gasteiger partial charge in [-0.1, -0.05) is 12.1 Å². The second-order valence-corrected chi connectivity index (χ2v) is 4.85. The lowest BCUT2D eigenvalue weighted by atomic mass is 10.0. The molecule has 0 bridgehead atoms. The van der Waals surface area contributed by atoms with Crippen LogP contribution < -0.4 is 5.32 Å². The highest BCUT2D eigenvalue weighted by Gasteiger charge is 2.31. The van der Waals surface area contributed by atoms with Crippen molar-refractivity contribution in [3.05, 3.63) is 35.4 Å². The molecule has 1 saturated heterocycles. The first-order valence-electron chi connectivity index (χ1n) is 5.05. The molecular weight excluding hydrogens is 235 g/mol. The number of benzene rings is 1. The molecule has 0 radical (unpaired) electrons. The number of hydrogen-bond acceptors (Lipinski definition) is 2. The van der Waals surface area contributed by atoms with Crippen molar-refractivity contribution in [3.63, 3.8) is 0 Å². The van der Waals surface area contributed by atoms with Gasteiger partial charge in [0.25, 0.3) is 0 Å². The number of hydrogen-bond donors (Lipinski definition) is 1. The van der Waals surface area contributed by atoms with Crippen LogP contribution in [0.25, 0.3) is 0 Å². The SMILES string of the molecule is FC(F)(F)c1cccc([C@@H]2CSCCN2)c1. The Morgan fingerprint density at radius 3 is 2.75 bits per heavy atom. The summed E-state index contributed by atoms with van der Waals surface area (Å²) in [7, 11) is 0. The molecule has 5 heteroatoms. The summed E-state index contributed by atoms with van der Waals surface area (Å²) < 4.78 is 37.5. The van der Waals surface area contributed by atoms with Crippen molar-refractivity contribution >= 4 is 11.8 Å². The van der Waals surface area contributed by atoms with Crippen LogP contribution in [0.15, 0.2) is 24.3 Å². The fourth-order valence-electron chi connectivity index (χ4n) is 1.71. The molecule has 1 aromatic rings. The standard InChI is InChI=1S/C11H12F3NS/c12-11(13,14)9-3-1-2-8(6-9)10-7-16-5-4-15-10/h1-3,6,10,15H,4-5,7H2/t10-/m0/s1. The molecular formula is C11H12F3NS. The van der Waals surface area contributed by atoms with Crippen molar-refractivity contribution in [3.8, 4) is 0 Å². The molecule has 1 fully saturated rings. The summed E-state index contributed by atoms with van der Waals surface area (Å²) in [4.78, 5) is 0. The molecule has 1 atom stereocenters. The maximum absolute atomic E-state index is 12.5. The third-order valence-electron chi connectivity index (χ3n) is 2.54. The minimum absolute atomic E-state index is 0.0426. The van der Waals surface area contributed by atoms with E-state index in [1.54, 1.807) is 17.8 Å². The molecule has 0 aliphatic carbocycles. The molecule has 0 saturated carbocycles. The lowest BCUT2D eigenvalue weighted by molar-refractivity contribution is -0.137. The molecule has 0 amide bonds. The molecule has 1 aliphatic rings. The number of halogens is 3. The van der Waals surface area contributed by atoms with E-state index < -0.39 is 11.7 Å². The van der Waals surface area contributed by atoms with Gasteiger partial charge in [0.2, 0.25) is 0 Å². The summed E-state index contributed by atoms with van der Waals surface area (Å²) in [5.74, 6) is 1.86. The second-order valence-electron chi connectivity index (χ2n) is 3.70. The van der Waals surface area contributed by atoms with E-state index >= 15 is 0 Å². The Hall–Kier alpha value is -0.680. The molecule has 88 valence electrons. The van der Waals surface area contributed by atoms with Gasteiger partial charge in [0, 0.05) is 24.1 Å². The Morgan fingerprint density at radius 1 is 1.31 bits per heavy atom. The van der Waals surface area contributed by atoms with Crippen LogP contribution in [0.2, 0.25) is 0 Å². The van der Waals surface area contributed by atoms with E-state index in [0.29, 0.717) is 0 Å². The average molecular weight is 247 g/mol. The Morgan fingerprint density at radius 2 is 2.12 bits per heavy atom. The van der Waals surface area contributed by atoms with E-state index in [9.17, 15) is 13.2 Å². The van der Waals surface area contributed by atoms with Gasteiger partial charge in [0.15, 0.2) is 0 Å². The minimum atomic E-state index is -4.25. The highest BCUT2D eigenvalue weighted by atomic mass is 32.2. The van der Waals surface area contributed by atoms with Gasteiger partial charge in [0.05, 0.1) is 5.56 Å². The van der Waals surface area contributed by atoms with Gasteiger partial charge in [-0.2, -0.15) is 24.9 Å². The lowest BCUT2D eigenvalue weighted by Gasteiger charge is -2.24. The molecule has 0 unspecified atom stereocenters. The molecule has 16 heavy (non-hydrogen) atoms. The third kappa shape index (κ3) is 2.71. The van der Waals surface area contributed by atoms with Crippen LogP contribution in [0.3, 0.4) is 0 Å². The Balaban J connectivity index is 2.21. The second kappa shape index (κ2) is 4.67. The smallest absolute Gasteiger partial charge is 0.308 e. The molecule has 1 N–H and O–H groups in total. The van der Waals surface area contributed by atoms with E-state index in [1.807, 2.05) is 0 Å². The fraction of sp³-hybridized carbons (Fsp3) is 0.455. The molecule has 1 aromatic carbocycles. The zero-order valence-corrected chi connectivity index (χ0v) is 9.37. The quantitative estimate of drug-likeness (QED) is 0.818. The fourth-order valence-corrected chi connectivity index (χ4v) is 2.69. The number of thioether (sulfide) groups is 1. The van der Waals surface area contributed by atoms with Gasteiger partial charge in [0.1, 0.15) is 0 Å². The maximum atomic E-state index is 12.5. The summed E-state index contributed by atoms with van der Waals surface area (Å²) in [6.45, 7) is 0.853. The van der Waals surface area contributed by atoms with Gasteiger partial charge < -0.3 is 5.32 Å². The average Bonchev–Trinajstić information content (AvgIpc) is 2.29. The van der Waals surface area contributed by atoms with Gasteiger partial charge in [-0.15, -0.1) is 0 Å².